The summed E-state index contributed by atoms with van der Waals surface area (Å²) in [5.41, 5.74) is 1.93. The van der Waals surface area contributed by atoms with Gasteiger partial charge in [0.1, 0.15) is 17.7 Å². The van der Waals surface area contributed by atoms with Gasteiger partial charge in [-0.05, 0) is 43.2 Å². The summed E-state index contributed by atoms with van der Waals surface area (Å²) in [6.45, 7) is 3.49. The average Bonchev–Trinajstić information content (AvgIpc) is 2.81. The second-order valence-corrected chi connectivity index (χ2v) is 7.82. The van der Waals surface area contributed by atoms with E-state index in [-0.39, 0.29) is 29.7 Å². The van der Waals surface area contributed by atoms with Crippen molar-refractivity contribution in [1.82, 2.24) is 4.90 Å². The second kappa shape index (κ2) is 9.23. The SMILES string of the molecule is CC(C(=O)c1ccccc1)N1CC[C@@H](Oc2ccc(F)cc2)[C@H](c2ccccc2)C1. The molecule has 0 spiro atoms. The first-order valence-electron chi connectivity index (χ1n) is 10.4. The lowest BCUT2D eigenvalue weighted by atomic mass is 9.86. The maximum absolute atomic E-state index is 13.3. The Balaban J connectivity index is 1.53. The molecule has 1 saturated heterocycles. The van der Waals surface area contributed by atoms with Crippen molar-refractivity contribution in [2.45, 2.75) is 31.4 Å². The maximum atomic E-state index is 13.3. The van der Waals surface area contributed by atoms with Gasteiger partial charge in [-0.1, -0.05) is 60.7 Å². The Morgan fingerprint density at radius 1 is 0.967 bits per heavy atom. The van der Waals surface area contributed by atoms with Crippen molar-refractivity contribution in [3.8, 4) is 5.75 Å². The Labute approximate surface area is 177 Å². The van der Waals surface area contributed by atoms with E-state index in [1.807, 2.05) is 55.5 Å². The van der Waals surface area contributed by atoms with Crippen molar-refractivity contribution in [2.75, 3.05) is 13.1 Å². The summed E-state index contributed by atoms with van der Waals surface area (Å²) in [6.07, 6.45) is 0.761. The van der Waals surface area contributed by atoms with Gasteiger partial charge in [-0.15, -0.1) is 0 Å². The number of carbonyl (C=O) groups is 1. The maximum Gasteiger partial charge on any atom is 0.179 e. The fourth-order valence-corrected chi connectivity index (χ4v) is 4.17. The van der Waals surface area contributed by atoms with Gasteiger partial charge in [0.2, 0.25) is 0 Å². The molecule has 154 valence electrons. The highest BCUT2D eigenvalue weighted by atomic mass is 19.1. The molecule has 3 aromatic rings. The molecule has 1 heterocycles. The number of Topliss-reactive ketones (excluding diaryl/α,β-unsaturated/α-hetero) is 1. The van der Waals surface area contributed by atoms with Crippen molar-refractivity contribution in [2.24, 2.45) is 0 Å². The zero-order chi connectivity index (χ0) is 20.9. The summed E-state index contributed by atoms with van der Waals surface area (Å²) in [5, 5.41) is 0. The van der Waals surface area contributed by atoms with Gasteiger partial charge in [-0.3, -0.25) is 9.69 Å². The lowest BCUT2D eigenvalue weighted by molar-refractivity contribution is 0.0509. The highest BCUT2D eigenvalue weighted by Crippen LogP contribution is 2.32. The van der Waals surface area contributed by atoms with Crippen LogP contribution in [0.1, 0.15) is 35.2 Å². The average molecular weight is 403 g/mol. The van der Waals surface area contributed by atoms with Gasteiger partial charge >= 0.3 is 0 Å². The molecule has 1 unspecified atom stereocenters. The van der Waals surface area contributed by atoms with Crippen molar-refractivity contribution < 1.29 is 13.9 Å². The normalized spacial score (nSPS) is 20.5. The fraction of sp³-hybridized carbons (Fsp3) is 0.269. The molecule has 0 aromatic heterocycles. The summed E-state index contributed by atoms with van der Waals surface area (Å²) in [5.74, 6) is 0.658. The number of carbonyl (C=O) groups excluding carboxylic acids is 1. The van der Waals surface area contributed by atoms with Gasteiger partial charge < -0.3 is 4.74 Å². The van der Waals surface area contributed by atoms with Crippen LogP contribution in [0.25, 0.3) is 0 Å². The van der Waals surface area contributed by atoms with Crippen LogP contribution in [0.15, 0.2) is 84.9 Å². The summed E-state index contributed by atoms with van der Waals surface area (Å²) < 4.78 is 19.5. The molecule has 0 saturated carbocycles. The number of ketones is 1. The third kappa shape index (κ3) is 4.60. The first-order valence-corrected chi connectivity index (χ1v) is 10.4. The topological polar surface area (TPSA) is 29.5 Å². The molecule has 1 aliphatic heterocycles. The van der Waals surface area contributed by atoms with Crippen molar-refractivity contribution in [3.63, 3.8) is 0 Å². The van der Waals surface area contributed by atoms with Gasteiger partial charge in [0.05, 0.1) is 6.04 Å². The van der Waals surface area contributed by atoms with Crippen molar-refractivity contribution in [1.29, 1.82) is 0 Å². The quantitative estimate of drug-likeness (QED) is 0.521. The zero-order valence-electron chi connectivity index (χ0n) is 17.1. The van der Waals surface area contributed by atoms with Crippen LogP contribution in [0.5, 0.6) is 5.75 Å². The van der Waals surface area contributed by atoms with E-state index in [4.69, 9.17) is 4.74 Å². The molecule has 0 radical (unpaired) electrons. The number of hydrogen-bond donors (Lipinski definition) is 0. The molecule has 4 rings (SSSR count). The van der Waals surface area contributed by atoms with E-state index >= 15 is 0 Å². The number of hydrogen-bond acceptors (Lipinski definition) is 3. The molecular formula is C26H26FNO2. The molecule has 1 fully saturated rings. The Morgan fingerprint density at radius 3 is 2.27 bits per heavy atom. The Bertz CT molecular complexity index is 959. The Kier molecular flexibility index (Phi) is 6.24. The minimum atomic E-state index is -0.273. The summed E-state index contributed by atoms with van der Waals surface area (Å²) in [7, 11) is 0. The predicted molar refractivity (Wildman–Crippen MR) is 116 cm³/mol. The summed E-state index contributed by atoms with van der Waals surface area (Å²) >= 11 is 0. The number of halogens is 1. The van der Waals surface area contributed by atoms with E-state index in [1.165, 1.54) is 17.7 Å². The van der Waals surface area contributed by atoms with Crippen LogP contribution in [-0.4, -0.2) is 35.9 Å². The standard InChI is InChI=1S/C26H26FNO2/c1-19(26(29)21-10-6-3-7-11-21)28-17-16-25(30-23-14-12-22(27)13-15-23)24(18-28)20-8-4-2-5-9-20/h2-15,19,24-25H,16-18H2,1H3/t19?,24-,25+/m0/s1. The molecular weight excluding hydrogens is 377 g/mol. The third-order valence-electron chi connectivity index (χ3n) is 5.90. The van der Waals surface area contributed by atoms with E-state index in [9.17, 15) is 9.18 Å². The number of nitrogens with zero attached hydrogens (tertiary/aromatic N) is 1. The van der Waals surface area contributed by atoms with Gasteiger partial charge in [-0.2, -0.15) is 0 Å². The lowest BCUT2D eigenvalue weighted by Crippen LogP contribution is -2.50. The Morgan fingerprint density at radius 2 is 1.60 bits per heavy atom. The van der Waals surface area contributed by atoms with Gasteiger partial charge in [-0.25, -0.2) is 4.39 Å². The molecule has 0 amide bonds. The number of benzene rings is 3. The first kappa shape index (κ1) is 20.3. The van der Waals surface area contributed by atoms with E-state index in [1.54, 1.807) is 12.1 Å². The minimum absolute atomic E-state index is 0.0341. The van der Waals surface area contributed by atoms with Crippen LogP contribution in [0.3, 0.4) is 0 Å². The highest BCUT2D eigenvalue weighted by Gasteiger charge is 2.35. The highest BCUT2D eigenvalue weighted by molar-refractivity contribution is 5.99. The van der Waals surface area contributed by atoms with Crippen LogP contribution < -0.4 is 4.74 Å². The second-order valence-electron chi connectivity index (χ2n) is 7.82. The molecule has 3 nitrogen and oxygen atoms in total. The van der Waals surface area contributed by atoms with Crippen LogP contribution in [0, 0.1) is 5.82 Å². The molecule has 0 bridgehead atoms. The zero-order valence-corrected chi connectivity index (χ0v) is 17.1. The van der Waals surface area contributed by atoms with Gasteiger partial charge in [0, 0.05) is 24.6 Å². The number of ether oxygens (including phenoxy) is 1. The van der Waals surface area contributed by atoms with Gasteiger partial charge in [0.25, 0.3) is 0 Å². The fourth-order valence-electron chi connectivity index (χ4n) is 4.17. The third-order valence-corrected chi connectivity index (χ3v) is 5.90. The first-order chi connectivity index (χ1) is 14.6. The number of rotatable bonds is 6. The van der Waals surface area contributed by atoms with E-state index in [0.29, 0.717) is 5.75 Å². The van der Waals surface area contributed by atoms with E-state index < -0.39 is 0 Å². The Hall–Kier alpha value is -2.98. The molecule has 0 N–H and O–H groups in total. The van der Waals surface area contributed by atoms with Crippen LogP contribution in [0.4, 0.5) is 4.39 Å². The predicted octanol–water partition coefficient (Wildman–Crippen LogP) is 5.33. The van der Waals surface area contributed by atoms with Crippen molar-refractivity contribution in [3.05, 3.63) is 102 Å². The van der Waals surface area contributed by atoms with E-state index in [0.717, 1.165) is 25.1 Å². The molecule has 30 heavy (non-hydrogen) atoms. The monoisotopic (exact) mass is 403 g/mol. The van der Waals surface area contributed by atoms with Crippen LogP contribution >= 0.6 is 0 Å². The molecule has 0 aliphatic carbocycles. The van der Waals surface area contributed by atoms with E-state index in [2.05, 4.69) is 17.0 Å². The smallest absolute Gasteiger partial charge is 0.179 e. The number of piperidine rings is 1. The van der Waals surface area contributed by atoms with Gasteiger partial charge in [0.15, 0.2) is 5.78 Å². The molecule has 3 aromatic carbocycles. The van der Waals surface area contributed by atoms with Crippen LogP contribution in [-0.2, 0) is 0 Å². The molecule has 3 atom stereocenters. The largest absolute Gasteiger partial charge is 0.490 e. The minimum Gasteiger partial charge on any atom is -0.490 e. The summed E-state index contributed by atoms with van der Waals surface area (Å²) in [6, 6.07) is 25.7. The van der Waals surface area contributed by atoms with Crippen molar-refractivity contribution >= 4 is 5.78 Å². The van der Waals surface area contributed by atoms with Crippen LogP contribution in [0.2, 0.25) is 0 Å². The molecule has 1 aliphatic rings. The number of likely N-dealkylation sites (tertiary alicyclic amines) is 1. The summed E-state index contributed by atoms with van der Waals surface area (Å²) in [4.78, 5) is 15.2. The molecule has 4 heteroatoms. The lowest BCUT2D eigenvalue weighted by Gasteiger charge is -2.41.